The van der Waals surface area contributed by atoms with Crippen LogP contribution in [0.3, 0.4) is 0 Å². The number of nitrogens with one attached hydrogen (secondary N) is 2. The van der Waals surface area contributed by atoms with Crippen molar-refractivity contribution in [2.24, 2.45) is 0 Å². The molecule has 0 saturated carbocycles. The Bertz CT molecular complexity index is 883. The summed E-state index contributed by atoms with van der Waals surface area (Å²) in [5.41, 5.74) is 3.79. The van der Waals surface area contributed by atoms with E-state index in [0.29, 0.717) is 31.4 Å². The van der Waals surface area contributed by atoms with Gasteiger partial charge in [-0.15, -0.1) is 11.3 Å². The molecule has 1 saturated heterocycles. The largest absolute Gasteiger partial charge is 0.378 e. The lowest BCUT2D eigenvalue weighted by atomic mass is 10.2. The highest BCUT2D eigenvalue weighted by Gasteiger charge is 2.22. The van der Waals surface area contributed by atoms with E-state index in [-0.39, 0.29) is 16.3 Å². The Hall–Kier alpha value is -2.76. The van der Waals surface area contributed by atoms with Crippen LogP contribution in [0.25, 0.3) is 0 Å². The Morgan fingerprint density at radius 3 is 2.67 bits per heavy atom. The molecular formula is C15H14ClN5O5S. The molecular weight excluding hydrogens is 398 g/mol. The van der Waals surface area contributed by atoms with E-state index >= 15 is 0 Å². The normalized spacial score (nSPS) is 13.9. The molecule has 1 aliphatic rings. The van der Waals surface area contributed by atoms with Crippen molar-refractivity contribution in [1.82, 2.24) is 15.8 Å². The van der Waals surface area contributed by atoms with Crippen LogP contribution in [-0.4, -0.2) is 48.0 Å². The predicted octanol–water partition coefficient (Wildman–Crippen LogP) is 1.62. The molecule has 0 spiro atoms. The van der Waals surface area contributed by atoms with Gasteiger partial charge in [0.25, 0.3) is 17.5 Å². The molecule has 1 fully saturated rings. The summed E-state index contributed by atoms with van der Waals surface area (Å²) in [5, 5.41) is 13.4. The minimum Gasteiger partial charge on any atom is -0.378 e. The van der Waals surface area contributed by atoms with Crippen molar-refractivity contribution in [1.29, 1.82) is 0 Å². The van der Waals surface area contributed by atoms with Crippen molar-refractivity contribution in [3.63, 3.8) is 0 Å². The first-order chi connectivity index (χ1) is 13.0. The van der Waals surface area contributed by atoms with Crippen LogP contribution < -0.4 is 15.8 Å². The first-order valence-electron chi connectivity index (χ1n) is 7.78. The van der Waals surface area contributed by atoms with E-state index in [2.05, 4.69) is 15.8 Å². The zero-order valence-electron chi connectivity index (χ0n) is 13.8. The highest BCUT2D eigenvalue weighted by Crippen LogP contribution is 2.23. The molecule has 2 amide bonds. The first-order valence-corrected chi connectivity index (χ1v) is 9.04. The van der Waals surface area contributed by atoms with Gasteiger partial charge in [0.05, 0.1) is 18.1 Å². The number of aromatic nitrogens is 1. The van der Waals surface area contributed by atoms with Gasteiger partial charge in [0.2, 0.25) is 0 Å². The van der Waals surface area contributed by atoms with Crippen molar-refractivity contribution in [3.8, 4) is 0 Å². The number of nitro groups is 1. The smallest absolute Gasteiger partial charge is 0.289 e. The molecule has 1 aromatic carbocycles. The third kappa shape index (κ3) is 4.51. The number of morpholine rings is 1. The summed E-state index contributed by atoms with van der Waals surface area (Å²) in [6, 6.07) is 3.62. The molecule has 10 nitrogen and oxygen atoms in total. The maximum atomic E-state index is 12.2. The number of thiazole rings is 1. The second-order valence-electron chi connectivity index (χ2n) is 5.44. The third-order valence-corrected chi connectivity index (χ3v) is 4.83. The van der Waals surface area contributed by atoms with E-state index in [1.54, 1.807) is 5.38 Å². The average molecular weight is 412 g/mol. The number of hydrogen-bond donors (Lipinski definition) is 2. The summed E-state index contributed by atoms with van der Waals surface area (Å²) in [7, 11) is 0. The number of halogens is 1. The second-order valence-corrected chi connectivity index (χ2v) is 6.71. The molecule has 2 aromatic rings. The minimum atomic E-state index is -0.838. The number of anilines is 1. The summed E-state index contributed by atoms with van der Waals surface area (Å²) in [6.07, 6.45) is 0. The zero-order valence-corrected chi connectivity index (χ0v) is 15.4. The molecule has 0 radical (unpaired) electrons. The number of nitrogens with zero attached hydrogens (tertiary/aromatic N) is 3. The van der Waals surface area contributed by atoms with Gasteiger partial charge in [-0.2, -0.15) is 0 Å². The summed E-state index contributed by atoms with van der Waals surface area (Å²) in [4.78, 5) is 40.9. The van der Waals surface area contributed by atoms with E-state index in [1.165, 1.54) is 23.5 Å². The molecule has 1 aliphatic heterocycles. The number of amides is 2. The second kappa shape index (κ2) is 8.29. The number of nitro benzene ring substituents is 1. The van der Waals surface area contributed by atoms with Gasteiger partial charge in [-0.3, -0.25) is 30.6 Å². The van der Waals surface area contributed by atoms with Crippen LogP contribution >= 0.6 is 22.9 Å². The molecule has 12 heteroatoms. The number of hydrogen-bond acceptors (Lipinski definition) is 8. The van der Waals surface area contributed by atoms with Crippen LogP contribution in [0.5, 0.6) is 0 Å². The number of carbonyl (C=O) groups is 2. The van der Waals surface area contributed by atoms with Gasteiger partial charge in [-0.25, -0.2) is 4.98 Å². The van der Waals surface area contributed by atoms with Gasteiger partial charge < -0.3 is 9.64 Å². The van der Waals surface area contributed by atoms with Crippen LogP contribution in [0, 0.1) is 10.1 Å². The summed E-state index contributed by atoms with van der Waals surface area (Å²) in [6.45, 7) is 2.56. The number of benzene rings is 1. The van der Waals surface area contributed by atoms with Crippen LogP contribution in [0.2, 0.25) is 5.02 Å². The summed E-state index contributed by atoms with van der Waals surface area (Å²) < 4.78 is 5.27. The van der Waals surface area contributed by atoms with Gasteiger partial charge in [0.1, 0.15) is 11.3 Å². The Kier molecular flexibility index (Phi) is 5.84. The highest BCUT2D eigenvalue weighted by atomic mass is 35.5. The number of carbonyl (C=O) groups excluding carboxylic acids is 2. The molecule has 0 unspecified atom stereocenters. The molecule has 27 heavy (non-hydrogen) atoms. The first kappa shape index (κ1) is 19.0. The van der Waals surface area contributed by atoms with Crippen molar-refractivity contribution < 1.29 is 19.2 Å². The monoisotopic (exact) mass is 411 g/mol. The van der Waals surface area contributed by atoms with Gasteiger partial charge in [0.15, 0.2) is 5.13 Å². The average Bonchev–Trinajstić information content (AvgIpc) is 3.16. The van der Waals surface area contributed by atoms with Crippen molar-refractivity contribution in [2.45, 2.75) is 0 Å². The van der Waals surface area contributed by atoms with Gasteiger partial charge in [0, 0.05) is 29.6 Å². The van der Waals surface area contributed by atoms with E-state index in [9.17, 15) is 19.7 Å². The third-order valence-electron chi connectivity index (χ3n) is 3.70. The zero-order chi connectivity index (χ0) is 19.4. The fourth-order valence-electron chi connectivity index (χ4n) is 2.36. The van der Waals surface area contributed by atoms with E-state index in [0.717, 1.165) is 6.07 Å². The molecule has 1 aromatic heterocycles. The van der Waals surface area contributed by atoms with E-state index in [1.807, 2.05) is 4.90 Å². The van der Waals surface area contributed by atoms with Crippen molar-refractivity contribution >= 4 is 45.6 Å². The highest BCUT2D eigenvalue weighted by molar-refractivity contribution is 7.13. The summed E-state index contributed by atoms with van der Waals surface area (Å²) >= 11 is 7.02. The minimum absolute atomic E-state index is 0.125. The fraction of sp³-hybridized carbons (Fsp3) is 0.267. The fourth-order valence-corrected chi connectivity index (χ4v) is 3.39. The van der Waals surface area contributed by atoms with Crippen LogP contribution in [0.1, 0.15) is 20.8 Å². The lowest BCUT2D eigenvalue weighted by Crippen LogP contribution is -2.42. The number of rotatable bonds is 4. The lowest BCUT2D eigenvalue weighted by Gasteiger charge is -2.25. The molecule has 2 N–H and O–H groups in total. The maximum absolute atomic E-state index is 12.2. The van der Waals surface area contributed by atoms with Crippen LogP contribution in [0.4, 0.5) is 10.8 Å². The SMILES string of the molecule is O=C(NNC(=O)c1ccc(Cl)cc1[N+](=O)[O-])c1csc(N2CCOCC2)n1. The molecule has 3 rings (SSSR count). The Labute approximate surface area is 162 Å². The van der Waals surface area contributed by atoms with E-state index in [4.69, 9.17) is 16.3 Å². The molecule has 0 bridgehead atoms. The van der Waals surface area contributed by atoms with E-state index < -0.39 is 22.4 Å². The maximum Gasteiger partial charge on any atom is 0.289 e. The number of ether oxygens (including phenoxy) is 1. The lowest BCUT2D eigenvalue weighted by molar-refractivity contribution is -0.385. The standard InChI is InChI=1S/C15H14ClN5O5S/c16-9-1-2-10(12(7-9)21(24)25)13(22)18-19-14(23)11-8-27-15(17-11)20-3-5-26-6-4-20/h1-2,7-8H,3-6H2,(H,18,22)(H,19,23). The molecule has 0 aliphatic carbocycles. The molecule has 142 valence electrons. The van der Waals surface area contributed by atoms with Crippen molar-refractivity contribution in [2.75, 3.05) is 31.2 Å². The van der Waals surface area contributed by atoms with Gasteiger partial charge in [-0.1, -0.05) is 11.6 Å². The van der Waals surface area contributed by atoms with Crippen molar-refractivity contribution in [3.05, 3.63) is 50.0 Å². The molecule has 0 atom stereocenters. The van der Waals surface area contributed by atoms with Gasteiger partial charge >= 0.3 is 0 Å². The predicted molar refractivity (Wildman–Crippen MR) is 98.2 cm³/mol. The quantitative estimate of drug-likeness (QED) is 0.578. The van der Waals surface area contributed by atoms with Crippen LogP contribution in [-0.2, 0) is 4.74 Å². The Balaban J connectivity index is 1.63. The molecule has 2 heterocycles. The van der Waals surface area contributed by atoms with Gasteiger partial charge in [-0.05, 0) is 12.1 Å². The summed E-state index contributed by atoms with van der Waals surface area (Å²) in [5.74, 6) is -1.47. The Morgan fingerprint density at radius 1 is 1.26 bits per heavy atom. The van der Waals surface area contributed by atoms with Crippen LogP contribution in [0.15, 0.2) is 23.6 Å². The number of hydrazine groups is 1. The Morgan fingerprint density at radius 2 is 1.96 bits per heavy atom. The topological polar surface area (TPSA) is 127 Å².